The standard InChI is InChI=1S/C16H30N4O/c1-4-9-20-16(14(21-3)11-18-20)15(19-17)13-8-6-7-12(5-2)10-13/h11-13,15,19H,4-10,17H2,1-3H3. The first-order valence-electron chi connectivity index (χ1n) is 8.30. The Morgan fingerprint density at radius 3 is 2.90 bits per heavy atom. The highest BCUT2D eigenvalue weighted by Gasteiger charge is 2.32. The molecule has 0 aliphatic heterocycles. The molecule has 0 saturated heterocycles. The first-order valence-corrected chi connectivity index (χ1v) is 8.30. The maximum absolute atomic E-state index is 5.92. The first-order chi connectivity index (χ1) is 10.2. The summed E-state index contributed by atoms with van der Waals surface area (Å²) in [6.07, 6.45) is 9.25. The predicted octanol–water partition coefficient (Wildman–Crippen LogP) is 3.02. The molecule has 5 heteroatoms. The van der Waals surface area contributed by atoms with Crippen molar-refractivity contribution in [2.75, 3.05) is 7.11 Å². The van der Waals surface area contributed by atoms with E-state index in [1.165, 1.54) is 32.1 Å². The van der Waals surface area contributed by atoms with Gasteiger partial charge in [-0.25, -0.2) is 0 Å². The van der Waals surface area contributed by atoms with Gasteiger partial charge in [0.1, 0.15) is 0 Å². The minimum atomic E-state index is 0.128. The largest absolute Gasteiger partial charge is 0.493 e. The van der Waals surface area contributed by atoms with E-state index in [0.717, 1.165) is 30.3 Å². The summed E-state index contributed by atoms with van der Waals surface area (Å²) in [6.45, 7) is 5.36. The van der Waals surface area contributed by atoms with Crippen molar-refractivity contribution in [1.82, 2.24) is 15.2 Å². The van der Waals surface area contributed by atoms with Gasteiger partial charge in [-0.1, -0.05) is 33.1 Å². The van der Waals surface area contributed by atoms with Crippen LogP contribution in [0.1, 0.15) is 64.1 Å². The molecule has 0 spiro atoms. The zero-order valence-electron chi connectivity index (χ0n) is 13.6. The Hall–Kier alpha value is -1.07. The average Bonchev–Trinajstić information content (AvgIpc) is 2.92. The second kappa shape index (κ2) is 7.80. The average molecular weight is 294 g/mol. The maximum Gasteiger partial charge on any atom is 0.161 e. The number of hydrogen-bond donors (Lipinski definition) is 2. The number of rotatable bonds is 7. The number of aryl methyl sites for hydroxylation is 1. The Kier molecular flexibility index (Phi) is 6.06. The second-order valence-corrected chi connectivity index (χ2v) is 6.17. The third kappa shape index (κ3) is 3.58. The van der Waals surface area contributed by atoms with E-state index in [0.29, 0.717) is 5.92 Å². The van der Waals surface area contributed by atoms with Crippen LogP contribution >= 0.6 is 0 Å². The second-order valence-electron chi connectivity index (χ2n) is 6.17. The number of nitrogens with two attached hydrogens (primary N) is 1. The zero-order chi connectivity index (χ0) is 15.2. The van der Waals surface area contributed by atoms with E-state index in [4.69, 9.17) is 10.6 Å². The molecule has 2 rings (SSSR count). The van der Waals surface area contributed by atoms with Gasteiger partial charge in [-0.2, -0.15) is 5.10 Å². The summed E-state index contributed by atoms with van der Waals surface area (Å²) in [6, 6.07) is 0.128. The lowest BCUT2D eigenvalue weighted by atomic mass is 9.76. The van der Waals surface area contributed by atoms with Crippen LogP contribution in [-0.2, 0) is 6.54 Å². The predicted molar refractivity (Wildman–Crippen MR) is 84.9 cm³/mol. The normalized spacial score (nSPS) is 24.0. The number of nitrogens with one attached hydrogen (secondary N) is 1. The van der Waals surface area contributed by atoms with Gasteiger partial charge in [0, 0.05) is 6.54 Å². The van der Waals surface area contributed by atoms with Crippen molar-refractivity contribution in [2.45, 2.75) is 65.0 Å². The van der Waals surface area contributed by atoms with Crippen molar-refractivity contribution in [3.05, 3.63) is 11.9 Å². The lowest BCUT2D eigenvalue weighted by molar-refractivity contribution is 0.201. The number of nitrogens with zero attached hydrogens (tertiary/aromatic N) is 2. The number of methoxy groups -OCH3 is 1. The SMILES string of the molecule is CCCn1ncc(OC)c1C(NN)C1CCCC(CC)C1. The van der Waals surface area contributed by atoms with Gasteiger partial charge in [0.05, 0.1) is 25.0 Å². The Morgan fingerprint density at radius 1 is 1.48 bits per heavy atom. The monoisotopic (exact) mass is 294 g/mol. The van der Waals surface area contributed by atoms with E-state index >= 15 is 0 Å². The Bertz CT molecular complexity index is 432. The minimum absolute atomic E-state index is 0.128. The van der Waals surface area contributed by atoms with Crippen LogP contribution < -0.4 is 16.0 Å². The van der Waals surface area contributed by atoms with Crippen LogP contribution in [0.3, 0.4) is 0 Å². The van der Waals surface area contributed by atoms with Crippen LogP contribution in [-0.4, -0.2) is 16.9 Å². The fourth-order valence-corrected chi connectivity index (χ4v) is 3.68. The Balaban J connectivity index is 2.25. The molecule has 5 nitrogen and oxygen atoms in total. The van der Waals surface area contributed by atoms with Crippen molar-refractivity contribution in [2.24, 2.45) is 17.7 Å². The molecular formula is C16H30N4O. The molecule has 0 bridgehead atoms. The van der Waals surface area contributed by atoms with Crippen LogP contribution in [0.4, 0.5) is 0 Å². The molecular weight excluding hydrogens is 264 g/mol. The van der Waals surface area contributed by atoms with E-state index in [1.54, 1.807) is 7.11 Å². The van der Waals surface area contributed by atoms with E-state index in [1.807, 2.05) is 6.20 Å². The van der Waals surface area contributed by atoms with Gasteiger partial charge in [0.2, 0.25) is 0 Å². The van der Waals surface area contributed by atoms with Gasteiger partial charge in [-0.05, 0) is 31.1 Å². The molecule has 0 radical (unpaired) electrons. The summed E-state index contributed by atoms with van der Waals surface area (Å²) in [4.78, 5) is 0. The molecule has 120 valence electrons. The third-order valence-corrected chi connectivity index (χ3v) is 4.85. The Labute approximate surface area is 128 Å². The summed E-state index contributed by atoms with van der Waals surface area (Å²) in [7, 11) is 1.71. The van der Waals surface area contributed by atoms with E-state index in [2.05, 4.69) is 29.1 Å². The van der Waals surface area contributed by atoms with Crippen molar-refractivity contribution in [3.63, 3.8) is 0 Å². The van der Waals surface area contributed by atoms with Gasteiger partial charge < -0.3 is 4.74 Å². The minimum Gasteiger partial charge on any atom is -0.493 e. The summed E-state index contributed by atoms with van der Waals surface area (Å²) >= 11 is 0. The first kappa shape index (κ1) is 16.3. The lowest BCUT2D eigenvalue weighted by Crippen LogP contribution is -2.37. The highest BCUT2D eigenvalue weighted by molar-refractivity contribution is 5.29. The number of hydrogen-bond acceptors (Lipinski definition) is 4. The summed E-state index contributed by atoms with van der Waals surface area (Å²) < 4.78 is 7.57. The van der Waals surface area contributed by atoms with Gasteiger partial charge in [0.25, 0.3) is 0 Å². The molecule has 1 aromatic rings. The molecule has 1 aliphatic rings. The van der Waals surface area contributed by atoms with Crippen molar-refractivity contribution < 1.29 is 4.74 Å². The molecule has 1 heterocycles. The van der Waals surface area contributed by atoms with E-state index in [-0.39, 0.29) is 6.04 Å². The topological polar surface area (TPSA) is 65.1 Å². The molecule has 21 heavy (non-hydrogen) atoms. The summed E-state index contributed by atoms with van der Waals surface area (Å²) in [5, 5.41) is 4.48. The molecule has 0 amide bonds. The molecule has 1 fully saturated rings. The van der Waals surface area contributed by atoms with Crippen LogP contribution in [0.2, 0.25) is 0 Å². The molecule has 3 unspecified atom stereocenters. The number of hydrazine groups is 1. The fourth-order valence-electron chi connectivity index (χ4n) is 3.68. The highest BCUT2D eigenvalue weighted by atomic mass is 16.5. The molecule has 1 saturated carbocycles. The quantitative estimate of drug-likeness (QED) is 0.599. The van der Waals surface area contributed by atoms with Gasteiger partial charge in [-0.3, -0.25) is 16.0 Å². The molecule has 0 aromatic carbocycles. The number of ether oxygens (including phenoxy) is 1. The van der Waals surface area contributed by atoms with Gasteiger partial charge in [0.15, 0.2) is 5.75 Å². The van der Waals surface area contributed by atoms with Crippen LogP contribution in [0.25, 0.3) is 0 Å². The van der Waals surface area contributed by atoms with E-state index < -0.39 is 0 Å². The van der Waals surface area contributed by atoms with Crippen LogP contribution in [0, 0.1) is 11.8 Å². The molecule has 1 aromatic heterocycles. The molecule has 3 N–H and O–H groups in total. The van der Waals surface area contributed by atoms with E-state index in [9.17, 15) is 0 Å². The summed E-state index contributed by atoms with van der Waals surface area (Å²) in [5.41, 5.74) is 4.17. The number of aromatic nitrogens is 2. The zero-order valence-corrected chi connectivity index (χ0v) is 13.6. The molecule has 1 aliphatic carbocycles. The molecule has 3 atom stereocenters. The Morgan fingerprint density at radius 2 is 2.29 bits per heavy atom. The van der Waals surface area contributed by atoms with Gasteiger partial charge in [-0.15, -0.1) is 0 Å². The van der Waals surface area contributed by atoms with Crippen molar-refractivity contribution in [3.8, 4) is 5.75 Å². The lowest BCUT2D eigenvalue weighted by Gasteiger charge is -2.34. The summed E-state index contributed by atoms with van der Waals surface area (Å²) in [5.74, 6) is 8.17. The smallest absolute Gasteiger partial charge is 0.161 e. The highest BCUT2D eigenvalue weighted by Crippen LogP contribution is 2.40. The van der Waals surface area contributed by atoms with Crippen LogP contribution in [0.5, 0.6) is 5.75 Å². The third-order valence-electron chi connectivity index (χ3n) is 4.85. The van der Waals surface area contributed by atoms with Gasteiger partial charge >= 0.3 is 0 Å². The maximum atomic E-state index is 5.92. The van der Waals surface area contributed by atoms with Crippen molar-refractivity contribution in [1.29, 1.82) is 0 Å². The van der Waals surface area contributed by atoms with Crippen LogP contribution in [0.15, 0.2) is 6.20 Å². The van der Waals surface area contributed by atoms with Crippen molar-refractivity contribution >= 4 is 0 Å². The fraction of sp³-hybridized carbons (Fsp3) is 0.812.